The Hall–Kier alpha value is -1.43. The standard InChI is InChI=1S/C14H24N2O4/c1-3-20-14(19)7-6-12(17)10-15(2)11-13(18)16-8-4-5-9-16/h3-11H2,1-2H3. The molecule has 1 heterocycles. The molecule has 0 spiro atoms. The molecule has 1 rings (SSSR count). The zero-order valence-electron chi connectivity index (χ0n) is 12.4. The lowest BCUT2D eigenvalue weighted by Crippen LogP contribution is -2.39. The van der Waals surface area contributed by atoms with Crippen LogP contribution < -0.4 is 0 Å². The number of hydrogen-bond donors (Lipinski definition) is 0. The molecule has 1 fully saturated rings. The first-order valence-corrected chi connectivity index (χ1v) is 7.16. The van der Waals surface area contributed by atoms with Crippen LogP contribution in [0.25, 0.3) is 0 Å². The molecule has 20 heavy (non-hydrogen) atoms. The Labute approximate surface area is 120 Å². The van der Waals surface area contributed by atoms with Crippen LogP contribution in [-0.2, 0) is 19.1 Å². The molecule has 1 aliphatic rings. The van der Waals surface area contributed by atoms with Gasteiger partial charge in [0.05, 0.1) is 26.1 Å². The van der Waals surface area contributed by atoms with E-state index in [0.717, 1.165) is 25.9 Å². The number of ether oxygens (including phenoxy) is 1. The average Bonchev–Trinajstić information content (AvgIpc) is 2.90. The van der Waals surface area contributed by atoms with Gasteiger partial charge in [-0.2, -0.15) is 0 Å². The summed E-state index contributed by atoms with van der Waals surface area (Å²) in [6.45, 7) is 4.16. The van der Waals surface area contributed by atoms with E-state index in [0.29, 0.717) is 6.61 Å². The van der Waals surface area contributed by atoms with E-state index >= 15 is 0 Å². The maximum absolute atomic E-state index is 11.9. The van der Waals surface area contributed by atoms with Crippen molar-refractivity contribution in [1.82, 2.24) is 9.80 Å². The van der Waals surface area contributed by atoms with Crippen LogP contribution in [0, 0.1) is 0 Å². The van der Waals surface area contributed by atoms with Gasteiger partial charge in [-0.3, -0.25) is 19.3 Å². The number of carbonyl (C=O) groups is 3. The predicted molar refractivity (Wildman–Crippen MR) is 74.2 cm³/mol. The fraction of sp³-hybridized carbons (Fsp3) is 0.786. The van der Waals surface area contributed by atoms with Crippen molar-refractivity contribution in [2.75, 3.05) is 39.8 Å². The molecule has 0 aromatic rings. The van der Waals surface area contributed by atoms with Crippen molar-refractivity contribution in [3.8, 4) is 0 Å². The third-order valence-corrected chi connectivity index (χ3v) is 3.22. The van der Waals surface area contributed by atoms with Crippen molar-refractivity contribution in [1.29, 1.82) is 0 Å². The van der Waals surface area contributed by atoms with Crippen LogP contribution in [0.5, 0.6) is 0 Å². The smallest absolute Gasteiger partial charge is 0.306 e. The molecule has 1 amide bonds. The van der Waals surface area contributed by atoms with Crippen molar-refractivity contribution < 1.29 is 19.1 Å². The normalized spacial score (nSPS) is 14.7. The van der Waals surface area contributed by atoms with Crippen LogP contribution in [-0.4, -0.2) is 67.3 Å². The van der Waals surface area contributed by atoms with Crippen molar-refractivity contribution in [3.05, 3.63) is 0 Å². The highest BCUT2D eigenvalue weighted by Crippen LogP contribution is 2.07. The van der Waals surface area contributed by atoms with Crippen molar-refractivity contribution in [2.24, 2.45) is 0 Å². The number of rotatable bonds is 8. The lowest BCUT2D eigenvalue weighted by atomic mass is 10.2. The van der Waals surface area contributed by atoms with Crippen molar-refractivity contribution in [3.63, 3.8) is 0 Å². The first-order chi connectivity index (χ1) is 9.52. The Morgan fingerprint density at radius 1 is 1.10 bits per heavy atom. The topological polar surface area (TPSA) is 66.9 Å². The number of likely N-dealkylation sites (tertiary alicyclic amines) is 1. The summed E-state index contributed by atoms with van der Waals surface area (Å²) >= 11 is 0. The molecule has 0 saturated carbocycles. The zero-order valence-corrected chi connectivity index (χ0v) is 12.4. The highest BCUT2D eigenvalue weighted by atomic mass is 16.5. The van der Waals surface area contributed by atoms with Gasteiger partial charge in [-0.05, 0) is 26.8 Å². The van der Waals surface area contributed by atoms with E-state index in [1.54, 1.807) is 18.9 Å². The zero-order chi connectivity index (χ0) is 15.0. The van der Waals surface area contributed by atoms with Crippen LogP contribution in [0.2, 0.25) is 0 Å². The van der Waals surface area contributed by atoms with Crippen LogP contribution in [0.4, 0.5) is 0 Å². The van der Waals surface area contributed by atoms with Gasteiger partial charge in [0.15, 0.2) is 0 Å². The summed E-state index contributed by atoms with van der Waals surface area (Å²) in [7, 11) is 1.75. The Kier molecular flexibility index (Phi) is 7.22. The van der Waals surface area contributed by atoms with E-state index in [-0.39, 0.29) is 43.6 Å². The van der Waals surface area contributed by atoms with Crippen LogP contribution in [0.15, 0.2) is 0 Å². The van der Waals surface area contributed by atoms with Gasteiger partial charge >= 0.3 is 5.97 Å². The van der Waals surface area contributed by atoms with Gasteiger partial charge in [0.25, 0.3) is 0 Å². The molecule has 0 aromatic heterocycles. The molecular weight excluding hydrogens is 260 g/mol. The number of amides is 1. The summed E-state index contributed by atoms with van der Waals surface area (Å²) in [5.74, 6) is -0.324. The van der Waals surface area contributed by atoms with Gasteiger partial charge in [0, 0.05) is 19.5 Å². The number of hydrogen-bond acceptors (Lipinski definition) is 5. The molecule has 0 aliphatic carbocycles. The Morgan fingerprint density at radius 2 is 1.75 bits per heavy atom. The fourth-order valence-corrected chi connectivity index (χ4v) is 2.21. The minimum absolute atomic E-state index is 0.0465. The van der Waals surface area contributed by atoms with E-state index in [1.807, 2.05) is 4.90 Å². The summed E-state index contributed by atoms with van der Waals surface area (Å²) in [5.41, 5.74) is 0. The molecule has 1 saturated heterocycles. The number of carbonyl (C=O) groups excluding carboxylic acids is 3. The Morgan fingerprint density at radius 3 is 2.35 bits per heavy atom. The molecule has 0 atom stereocenters. The SMILES string of the molecule is CCOC(=O)CCC(=O)CN(C)CC(=O)N1CCCC1. The minimum atomic E-state index is -0.350. The van der Waals surface area contributed by atoms with E-state index in [1.165, 1.54) is 0 Å². The maximum Gasteiger partial charge on any atom is 0.306 e. The van der Waals surface area contributed by atoms with E-state index < -0.39 is 0 Å². The minimum Gasteiger partial charge on any atom is -0.466 e. The van der Waals surface area contributed by atoms with E-state index in [9.17, 15) is 14.4 Å². The third-order valence-electron chi connectivity index (χ3n) is 3.22. The summed E-state index contributed by atoms with van der Waals surface area (Å²) in [5, 5.41) is 0. The first kappa shape index (κ1) is 16.6. The molecule has 0 unspecified atom stereocenters. The van der Waals surface area contributed by atoms with Gasteiger partial charge in [0.1, 0.15) is 5.78 Å². The van der Waals surface area contributed by atoms with Crippen molar-refractivity contribution in [2.45, 2.75) is 32.6 Å². The largest absolute Gasteiger partial charge is 0.466 e. The fourth-order valence-electron chi connectivity index (χ4n) is 2.21. The molecule has 1 aliphatic heterocycles. The van der Waals surface area contributed by atoms with Gasteiger partial charge in [0.2, 0.25) is 5.91 Å². The number of esters is 1. The molecule has 0 aromatic carbocycles. The van der Waals surface area contributed by atoms with Crippen LogP contribution >= 0.6 is 0 Å². The summed E-state index contributed by atoms with van der Waals surface area (Å²) in [6, 6.07) is 0. The molecule has 6 nitrogen and oxygen atoms in total. The van der Waals surface area contributed by atoms with Crippen LogP contribution in [0.1, 0.15) is 32.6 Å². The van der Waals surface area contributed by atoms with Gasteiger partial charge in [-0.15, -0.1) is 0 Å². The molecule has 6 heteroatoms. The highest BCUT2D eigenvalue weighted by molar-refractivity contribution is 5.85. The number of likely N-dealkylation sites (N-methyl/N-ethyl adjacent to an activating group) is 1. The van der Waals surface area contributed by atoms with Gasteiger partial charge < -0.3 is 9.64 Å². The molecule has 0 bridgehead atoms. The van der Waals surface area contributed by atoms with Gasteiger partial charge in [-0.1, -0.05) is 0 Å². The Balaban J connectivity index is 2.20. The second-order valence-corrected chi connectivity index (χ2v) is 5.10. The second-order valence-electron chi connectivity index (χ2n) is 5.10. The first-order valence-electron chi connectivity index (χ1n) is 7.16. The monoisotopic (exact) mass is 284 g/mol. The molecular formula is C14H24N2O4. The maximum atomic E-state index is 11.9. The van der Waals surface area contributed by atoms with E-state index in [4.69, 9.17) is 4.74 Å². The molecule has 114 valence electrons. The van der Waals surface area contributed by atoms with Crippen molar-refractivity contribution >= 4 is 17.7 Å². The second kappa shape index (κ2) is 8.68. The average molecular weight is 284 g/mol. The highest BCUT2D eigenvalue weighted by Gasteiger charge is 2.20. The Bertz CT molecular complexity index is 351. The molecule has 0 radical (unpaired) electrons. The number of ketones is 1. The van der Waals surface area contributed by atoms with Gasteiger partial charge in [-0.25, -0.2) is 0 Å². The summed E-state index contributed by atoms with van der Waals surface area (Å²) in [6.07, 6.45) is 2.41. The lowest BCUT2D eigenvalue weighted by Gasteiger charge is -2.20. The summed E-state index contributed by atoms with van der Waals surface area (Å²) in [4.78, 5) is 38.2. The van der Waals surface area contributed by atoms with Crippen LogP contribution in [0.3, 0.4) is 0 Å². The van der Waals surface area contributed by atoms with E-state index in [2.05, 4.69) is 0 Å². The molecule has 0 N–H and O–H groups in total. The lowest BCUT2D eigenvalue weighted by molar-refractivity contribution is -0.144. The summed E-state index contributed by atoms with van der Waals surface area (Å²) < 4.78 is 4.76. The quantitative estimate of drug-likeness (QED) is 0.606. The predicted octanol–water partition coefficient (Wildman–Crippen LogP) is 0.453. The number of Topliss-reactive ketones (excluding diaryl/α,β-unsaturated/α-hetero) is 1. The third kappa shape index (κ3) is 6.14. The number of nitrogens with zero attached hydrogens (tertiary/aromatic N) is 2.